The summed E-state index contributed by atoms with van der Waals surface area (Å²) >= 11 is 0. The molecule has 0 aromatic heterocycles. The van der Waals surface area contributed by atoms with E-state index in [1.807, 2.05) is 0 Å². The molecule has 22 heavy (non-hydrogen) atoms. The Balaban J connectivity index is 2.46. The summed E-state index contributed by atoms with van der Waals surface area (Å²) in [6.07, 6.45) is 10.5. The third-order valence-corrected chi connectivity index (χ3v) is 4.91. The Morgan fingerprint density at radius 3 is 2.23 bits per heavy atom. The van der Waals surface area contributed by atoms with Gasteiger partial charge in [-0.2, -0.15) is 0 Å². The minimum Gasteiger partial charge on any atom is -0.375 e. The molecule has 1 rings (SSSR count). The summed E-state index contributed by atoms with van der Waals surface area (Å²) in [7, 11) is 0. The van der Waals surface area contributed by atoms with Crippen molar-refractivity contribution in [1.82, 2.24) is 0 Å². The number of ether oxygens (including phenoxy) is 1. The molecule has 0 radical (unpaired) electrons. The normalized spacial score (nSPS) is 15.5. The Bertz CT molecular complexity index is 373. The zero-order valence-electron chi connectivity index (χ0n) is 15.2. The largest absolute Gasteiger partial charge is 0.375 e. The van der Waals surface area contributed by atoms with Gasteiger partial charge in [0.2, 0.25) is 0 Å². The van der Waals surface area contributed by atoms with Crippen LogP contribution in [0.2, 0.25) is 0 Å². The van der Waals surface area contributed by atoms with Crippen LogP contribution in [0.4, 0.5) is 0 Å². The molecule has 0 amide bonds. The summed E-state index contributed by atoms with van der Waals surface area (Å²) in [5.74, 6) is 0.596. The van der Waals surface area contributed by atoms with E-state index in [2.05, 4.69) is 58.0 Å². The highest BCUT2D eigenvalue weighted by molar-refractivity contribution is 5.17. The van der Waals surface area contributed by atoms with E-state index in [1.165, 1.54) is 50.5 Å². The maximum Gasteiger partial charge on any atom is 0.0719 e. The van der Waals surface area contributed by atoms with Crippen LogP contribution in [0, 0.1) is 5.92 Å². The lowest BCUT2D eigenvalue weighted by Gasteiger charge is -2.36. The highest BCUT2D eigenvalue weighted by atomic mass is 16.5. The van der Waals surface area contributed by atoms with Gasteiger partial charge in [0.15, 0.2) is 0 Å². The second-order valence-electron chi connectivity index (χ2n) is 6.87. The average molecular weight is 305 g/mol. The average Bonchev–Trinajstić information content (AvgIpc) is 2.51. The van der Waals surface area contributed by atoms with E-state index in [9.17, 15) is 0 Å². The third kappa shape index (κ3) is 6.96. The highest BCUT2D eigenvalue weighted by Gasteiger charge is 2.31. The molecule has 1 aromatic rings. The minimum atomic E-state index is -0.0421. The van der Waals surface area contributed by atoms with Crippen LogP contribution in [-0.4, -0.2) is 12.2 Å². The van der Waals surface area contributed by atoms with Gasteiger partial charge in [-0.1, -0.05) is 82.7 Å². The van der Waals surface area contributed by atoms with Gasteiger partial charge in [-0.15, -0.1) is 0 Å². The maximum atomic E-state index is 6.19. The maximum absolute atomic E-state index is 6.19. The molecule has 0 aliphatic heterocycles. The number of unbranched alkanes of at least 4 members (excludes halogenated alkanes) is 5. The molecular formula is C21H36O. The van der Waals surface area contributed by atoms with Gasteiger partial charge in [0.25, 0.3) is 0 Å². The summed E-state index contributed by atoms with van der Waals surface area (Å²) < 4.78 is 6.19. The Labute approximate surface area is 138 Å². The molecule has 0 fully saturated rings. The molecule has 1 heteroatoms. The number of rotatable bonds is 12. The summed E-state index contributed by atoms with van der Waals surface area (Å²) in [5.41, 5.74) is 1.34. The van der Waals surface area contributed by atoms with E-state index >= 15 is 0 Å². The second kappa shape index (κ2) is 10.8. The quantitative estimate of drug-likeness (QED) is 0.405. The van der Waals surface area contributed by atoms with Crippen LogP contribution in [0.25, 0.3) is 0 Å². The van der Waals surface area contributed by atoms with Gasteiger partial charge in [-0.05, 0) is 31.7 Å². The predicted octanol–water partition coefficient (Wildman–Crippen LogP) is 6.41. The summed E-state index contributed by atoms with van der Waals surface area (Å²) in [4.78, 5) is 0. The Morgan fingerprint density at radius 1 is 0.955 bits per heavy atom. The molecular weight excluding hydrogens is 268 g/mol. The smallest absolute Gasteiger partial charge is 0.0719 e. The van der Waals surface area contributed by atoms with Gasteiger partial charge in [0, 0.05) is 13.0 Å². The molecule has 0 saturated carbocycles. The molecule has 0 heterocycles. The Hall–Kier alpha value is -0.820. The van der Waals surface area contributed by atoms with Crippen molar-refractivity contribution in [2.75, 3.05) is 6.61 Å². The van der Waals surface area contributed by atoms with Crippen molar-refractivity contribution in [3.63, 3.8) is 0 Å². The third-order valence-electron chi connectivity index (χ3n) is 4.91. The fourth-order valence-corrected chi connectivity index (χ4v) is 3.23. The topological polar surface area (TPSA) is 9.23 Å². The van der Waals surface area contributed by atoms with E-state index in [1.54, 1.807) is 0 Å². The Morgan fingerprint density at radius 2 is 1.59 bits per heavy atom. The first-order valence-corrected chi connectivity index (χ1v) is 9.30. The van der Waals surface area contributed by atoms with Gasteiger partial charge in [0.1, 0.15) is 0 Å². The van der Waals surface area contributed by atoms with Gasteiger partial charge in [-0.25, -0.2) is 0 Å². The molecule has 2 unspecified atom stereocenters. The molecule has 0 bridgehead atoms. The van der Waals surface area contributed by atoms with E-state index < -0.39 is 0 Å². The predicted molar refractivity (Wildman–Crippen MR) is 97.3 cm³/mol. The van der Waals surface area contributed by atoms with Crippen molar-refractivity contribution in [2.45, 2.75) is 84.7 Å². The molecule has 1 nitrogen and oxygen atoms in total. The van der Waals surface area contributed by atoms with Crippen LogP contribution >= 0.6 is 0 Å². The van der Waals surface area contributed by atoms with Crippen molar-refractivity contribution >= 4 is 0 Å². The standard InChI is InChI=1S/C21H36O/c1-5-7-8-9-10-12-15-19(3)21(4,22-6-2)18-20-16-13-11-14-17-20/h11,13-14,16-17,19H,5-10,12,15,18H2,1-4H3. The van der Waals surface area contributed by atoms with Crippen LogP contribution < -0.4 is 0 Å². The fourth-order valence-electron chi connectivity index (χ4n) is 3.23. The lowest BCUT2D eigenvalue weighted by molar-refractivity contribution is -0.0659. The van der Waals surface area contributed by atoms with Crippen LogP contribution in [0.3, 0.4) is 0 Å². The van der Waals surface area contributed by atoms with Crippen LogP contribution in [0.1, 0.15) is 78.2 Å². The molecule has 126 valence electrons. The van der Waals surface area contributed by atoms with Crippen molar-refractivity contribution in [2.24, 2.45) is 5.92 Å². The molecule has 0 spiro atoms. The molecule has 0 aliphatic carbocycles. The van der Waals surface area contributed by atoms with Crippen molar-refractivity contribution in [3.05, 3.63) is 35.9 Å². The van der Waals surface area contributed by atoms with E-state index in [4.69, 9.17) is 4.74 Å². The van der Waals surface area contributed by atoms with Gasteiger partial charge in [-0.3, -0.25) is 0 Å². The van der Waals surface area contributed by atoms with Gasteiger partial charge < -0.3 is 4.74 Å². The number of benzene rings is 1. The first-order valence-electron chi connectivity index (χ1n) is 9.30. The second-order valence-corrected chi connectivity index (χ2v) is 6.87. The van der Waals surface area contributed by atoms with Crippen molar-refractivity contribution in [3.8, 4) is 0 Å². The molecule has 0 aliphatic rings. The SMILES string of the molecule is CCCCCCCCC(C)C(C)(Cc1ccccc1)OCC. The minimum absolute atomic E-state index is 0.0421. The van der Waals surface area contributed by atoms with Crippen molar-refractivity contribution < 1.29 is 4.74 Å². The Kier molecular flexibility index (Phi) is 9.47. The van der Waals surface area contributed by atoms with E-state index in [0.29, 0.717) is 5.92 Å². The lowest BCUT2D eigenvalue weighted by Crippen LogP contribution is -2.38. The van der Waals surface area contributed by atoms with Crippen LogP contribution in [0.15, 0.2) is 30.3 Å². The first-order chi connectivity index (χ1) is 10.6. The van der Waals surface area contributed by atoms with Gasteiger partial charge >= 0.3 is 0 Å². The highest BCUT2D eigenvalue weighted by Crippen LogP contribution is 2.30. The summed E-state index contributed by atoms with van der Waals surface area (Å²) in [6, 6.07) is 10.8. The van der Waals surface area contributed by atoms with Gasteiger partial charge in [0.05, 0.1) is 5.60 Å². The summed E-state index contributed by atoms with van der Waals surface area (Å²) in [6.45, 7) is 9.85. The van der Waals surface area contributed by atoms with E-state index in [-0.39, 0.29) is 5.60 Å². The molecule has 0 saturated heterocycles. The van der Waals surface area contributed by atoms with E-state index in [0.717, 1.165) is 13.0 Å². The number of hydrogen-bond acceptors (Lipinski definition) is 1. The first kappa shape index (κ1) is 19.2. The zero-order chi connectivity index (χ0) is 16.3. The molecule has 1 aromatic carbocycles. The van der Waals surface area contributed by atoms with Crippen molar-refractivity contribution in [1.29, 1.82) is 0 Å². The molecule has 0 N–H and O–H groups in total. The zero-order valence-corrected chi connectivity index (χ0v) is 15.2. The van der Waals surface area contributed by atoms with Crippen LogP contribution in [-0.2, 0) is 11.2 Å². The summed E-state index contributed by atoms with van der Waals surface area (Å²) in [5, 5.41) is 0. The van der Waals surface area contributed by atoms with Crippen LogP contribution in [0.5, 0.6) is 0 Å². The lowest BCUT2D eigenvalue weighted by atomic mass is 9.81. The monoisotopic (exact) mass is 304 g/mol. The molecule has 2 atom stereocenters. The number of hydrogen-bond donors (Lipinski definition) is 0. The fraction of sp³-hybridized carbons (Fsp3) is 0.714.